The minimum absolute atomic E-state index is 0.107. The van der Waals surface area contributed by atoms with Gasteiger partial charge in [0.25, 0.3) is 0 Å². The van der Waals surface area contributed by atoms with Gasteiger partial charge in [0.2, 0.25) is 10.9 Å². The van der Waals surface area contributed by atoms with E-state index in [1.807, 2.05) is 26.0 Å². The second kappa shape index (κ2) is 11.7. The molecule has 5 rings (SSSR count). The molecule has 0 spiro atoms. The molecule has 1 N–H and O–H groups in total. The van der Waals surface area contributed by atoms with E-state index < -0.39 is 10.9 Å². The molecule has 1 unspecified atom stereocenters. The van der Waals surface area contributed by atoms with Gasteiger partial charge in [0.15, 0.2) is 0 Å². The normalized spacial score (nSPS) is 19.6. The first-order valence-electron chi connectivity index (χ1n) is 14.0. The lowest BCUT2D eigenvalue weighted by Gasteiger charge is -2.47. The minimum atomic E-state index is -0.484. The van der Waals surface area contributed by atoms with Crippen LogP contribution in [0.1, 0.15) is 49.8 Å². The van der Waals surface area contributed by atoms with E-state index in [0.717, 1.165) is 68.9 Å². The predicted molar refractivity (Wildman–Crippen MR) is 156 cm³/mol. The summed E-state index contributed by atoms with van der Waals surface area (Å²) in [6, 6.07) is 8.22. The molecule has 0 amide bonds. The second-order valence-electron chi connectivity index (χ2n) is 10.9. The fourth-order valence-electron chi connectivity index (χ4n) is 6.12. The van der Waals surface area contributed by atoms with Gasteiger partial charge >= 0.3 is 0 Å². The Morgan fingerprint density at radius 3 is 2.51 bits per heavy atom. The summed E-state index contributed by atoms with van der Waals surface area (Å²) in [6.45, 7) is 11.2. The molecule has 0 saturated carbocycles. The maximum absolute atomic E-state index is 14.3. The minimum Gasteiger partial charge on any atom is -0.353 e. The molecule has 0 bridgehead atoms. The van der Waals surface area contributed by atoms with Crippen LogP contribution >= 0.6 is 11.6 Å². The number of pyridine rings is 1. The fourth-order valence-corrected chi connectivity index (χ4v) is 6.41. The van der Waals surface area contributed by atoms with Crippen LogP contribution in [0, 0.1) is 12.7 Å². The molecule has 7 nitrogen and oxygen atoms in total. The lowest BCUT2D eigenvalue weighted by Crippen LogP contribution is -2.58. The summed E-state index contributed by atoms with van der Waals surface area (Å²) in [5, 5.41) is 3.56. The molecule has 1 aromatic heterocycles. The van der Waals surface area contributed by atoms with Gasteiger partial charge in [-0.15, -0.1) is 0 Å². The Hall–Kier alpha value is -2.81. The number of piperidine rings is 1. The highest BCUT2D eigenvalue weighted by Crippen LogP contribution is 2.31. The summed E-state index contributed by atoms with van der Waals surface area (Å²) in [6.07, 6.45) is 5.39. The zero-order valence-corrected chi connectivity index (χ0v) is 23.7. The van der Waals surface area contributed by atoms with E-state index in [9.17, 15) is 14.0 Å². The molecular formula is C30H37ClFN5O2. The van der Waals surface area contributed by atoms with Gasteiger partial charge < -0.3 is 10.2 Å². The van der Waals surface area contributed by atoms with Crippen LogP contribution in [0.3, 0.4) is 0 Å². The van der Waals surface area contributed by atoms with E-state index in [2.05, 4.69) is 31.9 Å². The molecule has 2 aliphatic heterocycles. The number of halogens is 2. The zero-order valence-electron chi connectivity index (χ0n) is 23.0. The molecule has 2 fully saturated rings. The molecule has 2 saturated heterocycles. The third kappa shape index (κ3) is 5.74. The van der Waals surface area contributed by atoms with Gasteiger partial charge in [-0.25, -0.2) is 9.37 Å². The van der Waals surface area contributed by atoms with Gasteiger partial charge in [-0.1, -0.05) is 37.6 Å². The summed E-state index contributed by atoms with van der Waals surface area (Å²) in [5.41, 5.74) is 2.31. The number of nitrogens with one attached hydrogen (secondary N) is 1. The van der Waals surface area contributed by atoms with Crippen LogP contribution in [0.25, 0.3) is 0 Å². The Labute approximate surface area is 234 Å². The summed E-state index contributed by atoms with van der Waals surface area (Å²) >= 11 is 6.66. The monoisotopic (exact) mass is 553 g/mol. The van der Waals surface area contributed by atoms with Crippen LogP contribution in [0.4, 0.5) is 21.6 Å². The van der Waals surface area contributed by atoms with Gasteiger partial charge in [0.1, 0.15) is 11.6 Å². The number of anilines is 3. The van der Waals surface area contributed by atoms with Gasteiger partial charge in [0.05, 0.1) is 22.6 Å². The number of benzene rings is 1. The van der Waals surface area contributed by atoms with Gasteiger partial charge in [-0.3, -0.25) is 19.4 Å². The molecule has 0 radical (unpaired) electrons. The Kier molecular flexibility index (Phi) is 8.35. The summed E-state index contributed by atoms with van der Waals surface area (Å²) in [5.74, 6) is 0.640. The molecule has 1 atom stereocenters. The molecule has 3 aromatic rings. The van der Waals surface area contributed by atoms with E-state index in [0.29, 0.717) is 47.0 Å². The molecule has 2 aliphatic rings. The largest absolute Gasteiger partial charge is 0.353 e. The van der Waals surface area contributed by atoms with E-state index in [4.69, 9.17) is 11.6 Å². The number of aryl methyl sites for hydroxylation is 1. The third-order valence-corrected chi connectivity index (χ3v) is 8.66. The zero-order chi connectivity index (χ0) is 27.7. The highest BCUT2D eigenvalue weighted by atomic mass is 35.5. The fraction of sp³-hybridized carbons (Fsp3) is 0.500. The molecule has 2 aromatic carbocycles. The van der Waals surface area contributed by atoms with Gasteiger partial charge in [-0.2, -0.15) is 0 Å². The van der Waals surface area contributed by atoms with Crippen molar-refractivity contribution in [1.29, 1.82) is 0 Å². The Morgan fingerprint density at radius 2 is 1.85 bits per heavy atom. The lowest BCUT2D eigenvalue weighted by atomic mass is 9.97. The lowest BCUT2D eigenvalue weighted by molar-refractivity contribution is 0.0607. The number of hydrogen-bond acceptors (Lipinski definition) is 7. The van der Waals surface area contributed by atoms with Crippen LogP contribution in [0.5, 0.6) is 0 Å². The summed E-state index contributed by atoms with van der Waals surface area (Å²) in [7, 11) is 0. The Balaban J connectivity index is 1.18. The maximum Gasteiger partial charge on any atom is 0.249 e. The van der Waals surface area contributed by atoms with Crippen LogP contribution in [-0.2, 0) is 13.0 Å². The molecule has 9 heteroatoms. The highest BCUT2D eigenvalue weighted by molar-refractivity contribution is 6.33. The predicted octanol–water partition coefficient (Wildman–Crippen LogP) is 4.65. The topological polar surface area (TPSA) is 68.8 Å². The van der Waals surface area contributed by atoms with Crippen molar-refractivity contribution in [2.75, 3.05) is 42.9 Å². The second-order valence-corrected chi connectivity index (χ2v) is 11.3. The van der Waals surface area contributed by atoms with Crippen LogP contribution < -0.4 is 21.1 Å². The number of piperazine rings is 1. The van der Waals surface area contributed by atoms with Crippen molar-refractivity contribution >= 4 is 28.8 Å². The average molecular weight is 554 g/mol. The van der Waals surface area contributed by atoms with Crippen molar-refractivity contribution in [2.45, 2.75) is 65.1 Å². The van der Waals surface area contributed by atoms with Crippen LogP contribution in [0.2, 0.25) is 5.02 Å². The van der Waals surface area contributed by atoms with Crippen LogP contribution in [0.15, 0.2) is 40.1 Å². The SMILES string of the molecule is CCc1c(Nc2cnc(N3CCN(C4CCN(Cc5ccc(C)cc5F)CC4)C(CC)C3)c(Cl)c2)c(=O)c1=O. The Bertz CT molecular complexity index is 1400. The molecular weight excluding hydrogens is 517 g/mol. The summed E-state index contributed by atoms with van der Waals surface area (Å²) in [4.78, 5) is 35.6. The summed E-state index contributed by atoms with van der Waals surface area (Å²) < 4.78 is 14.3. The highest BCUT2D eigenvalue weighted by Gasteiger charge is 2.34. The number of hydrogen-bond donors (Lipinski definition) is 1. The van der Waals surface area contributed by atoms with Crippen molar-refractivity contribution in [1.82, 2.24) is 14.8 Å². The number of rotatable bonds is 8. The molecule has 208 valence electrons. The molecule has 3 heterocycles. The molecule has 0 aliphatic carbocycles. The maximum atomic E-state index is 14.3. The smallest absolute Gasteiger partial charge is 0.249 e. The third-order valence-electron chi connectivity index (χ3n) is 8.38. The standard InChI is InChI=1S/C30H37ClFN5O2/c1-4-22-18-36(30-25(31)15-21(16-33-30)34-27-24(5-2)28(38)29(27)39)12-13-37(22)23-8-10-35(11-9-23)17-20-7-6-19(3)14-26(20)32/h6-7,14-16,22-23,34H,4-5,8-13,17-18H2,1-3H3. The van der Waals surface area contributed by atoms with E-state index >= 15 is 0 Å². The van der Waals surface area contributed by atoms with Crippen molar-refractivity contribution < 1.29 is 4.39 Å². The first-order chi connectivity index (χ1) is 18.8. The molecule has 39 heavy (non-hydrogen) atoms. The number of aromatic nitrogens is 1. The van der Waals surface area contributed by atoms with E-state index in [1.54, 1.807) is 18.3 Å². The van der Waals surface area contributed by atoms with Crippen molar-refractivity contribution in [2.24, 2.45) is 0 Å². The first-order valence-corrected chi connectivity index (χ1v) is 14.4. The van der Waals surface area contributed by atoms with Crippen molar-refractivity contribution in [3.63, 3.8) is 0 Å². The first kappa shape index (κ1) is 27.7. The number of likely N-dealkylation sites (tertiary alicyclic amines) is 1. The van der Waals surface area contributed by atoms with Crippen molar-refractivity contribution in [3.05, 3.63) is 78.4 Å². The van der Waals surface area contributed by atoms with Crippen LogP contribution in [-0.4, -0.2) is 59.6 Å². The average Bonchev–Trinajstić information content (AvgIpc) is 2.94. The quantitative estimate of drug-likeness (QED) is 0.407. The number of nitrogens with zero attached hydrogens (tertiary/aromatic N) is 4. The van der Waals surface area contributed by atoms with E-state index in [1.165, 1.54) is 0 Å². The van der Waals surface area contributed by atoms with E-state index in [-0.39, 0.29) is 5.82 Å². The van der Waals surface area contributed by atoms with Gasteiger partial charge in [0, 0.05) is 49.4 Å². The Morgan fingerprint density at radius 1 is 1.08 bits per heavy atom. The van der Waals surface area contributed by atoms with Crippen molar-refractivity contribution in [3.8, 4) is 0 Å². The van der Waals surface area contributed by atoms with Gasteiger partial charge in [-0.05, 0) is 63.4 Å².